The second-order valence-electron chi connectivity index (χ2n) is 4.70. The minimum atomic E-state index is 0. The Bertz CT molecular complexity index is 296. The van der Waals surface area contributed by atoms with Crippen molar-refractivity contribution in [1.82, 2.24) is 19.7 Å². The van der Waals surface area contributed by atoms with Gasteiger partial charge in [0.1, 0.15) is 12.7 Å². The zero-order valence-corrected chi connectivity index (χ0v) is 12.4. The fourth-order valence-electron chi connectivity index (χ4n) is 2.29. The summed E-state index contributed by atoms with van der Waals surface area (Å²) in [5.41, 5.74) is 5.92. The van der Waals surface area contributed by atoms with E-state index in [4.69, 9.17) is 5.73 Å². The van der Waals surface area contributed by atoms with Crippen LogP contribution in [0.25, 0.3) is 0 Å². The predicted octanol–water partition coefficient (Wildman–Crippen LogP) is 1.18. The molecule has 1 aromatic rings. The van der Waals surface area contributed by atoms with Crippen LogP contribution in [0.15, 0.2) is 12.7 Å². The summed E-state index contributed by atoms with van der Waals surface area (Å²) in [7, 11) is 0. The summed E-state index contributed by atoms with van der Waals surface area (Å²) in [6.45, 7) is 6.45. The van der Waals surface area contributed by atoms with Crippen LogP contribution < -0.4 is 5.73 Å². The quantitative estimate of drug-likeness (QED) is 0.906. The summed E-state index contributed by atoms with van der Waals surface area (Å²) in [6, 6.07) is 0.345. The molecule has 0 bridgehead atoms. The summed E-state index contributed by atoms with van der Waals surface area (Å²) in [4.78, 5) is 6.42. The van der Waals surface area contributed by atoms with E-state index in [0.717, 1.165) is 13.1 Å². The van der Waals surface area contributed by atoms with Gasteiger partial charge < -0.3 is 10.6 Å². The molecule has 0 amide bonds. The van der Waals surface area contributed by atoms with Gasteiger partial charge in [-0.3, -0.25) is 4.68 Å². The zero-order valence-electron chi connectivity index (χ0n) is 10.7. The second kappa shape index (κ2) is 8.69. The third kappa shape index (κ3) is 5.10. The maximum Gasteiger partial charge on any atom is 0.137 e. The number of hydrogen-bond acceptors (Lipinski definition) is 4. The van der Waals surface area contributed by atoms with E-state index in [-0.39, 0.29) is 24.8 Å². The van der Waals surface area contributed by atoms with Crippen LogP contribution in [-0.2, 0) is 6.54 Å². The Morgan fingerprint density at radius 2 is 1.94 bits per heavy atom. The van der Waals surface area contributed by atoms with Crippen molar-refractivity contribution in [1.29, 1.82) is 0 Å². The Morgan fingerprint density at radius 1 is 1.28 bits per heavy atom. The van der Waals surface area contributed by atoms with Crippen molar-refractivity contribution >= 4 is 24.8 Å². The number of nitrogens with two attached hydrogens (primary N) is 1. The Kier molecular flexibility index (Phi) is 8.52. The van der Waals surface area contributed by atoms with Gasteiger partial charge in [0.25, 0.3) is 0 Å². The van der Waals surface area contributed by atoms with Gasteiger partial charge in [0, 0.05) is 12.6 Å². The lowest BCUT2D eigenvalue weighted by molar-refractivity contribution is 0.166. The van der Waals surface area contributed by atoms with Crippen LogP contribution in [0.3, 0.4) is 0 Å². The van der Waals surface area contributed by atoms with Gasteiger partial charge in [-0.1, -0.05) is 0 Å². The van der Waals surface area contributed by atoms with Gasteiger partial charge in [-0.05, 0) is 38.8 Å². The number of hydrogen-bond donors (Lipinski definition) is 1. The summed E-state index contributed by atoms with van der Waals surface area (Å²) in [6.07, 6.45) is 5.82. The first-order chi connectivity index (χ1) is 7.75. The standard InChI is InChI=1S/C11H21N5.2ClH/c1-10(12)11-2-4-15(5-3-11)6-7-16-9-13-8-14-16;;/h8-11H,2-7,12H2,1H3;2*1H. The summed E-state index contributed by atoms with van der Waals surface area (Å²) in [5.74, 6) is 0.711. The Hall–Kier alpha value is -0.360. The van der Waals surface area contributed by atoms with Crippen molar-refractivity contribution in [2.45, 2.75) is 32.4 Å². The molecule has 0 aromatic carbocycles. The van der Waals surface area contributed by atoms with E-state index in [1.165, 1.54) is 25.9 Å². The molecule has 2 heterocycles. The van der Waals surface area contributed by atoms with Crippen LogP contribution in [0, 0.1) is 5.92 Å². The van der Waals surface area contributed by atoms with Gasteiger partial charge in [0.05, 0.1) is 6.54 Å². The van der Waals surface area contributed by atoms with E-state index >= 15 is 0 Å². The summed E-state index contributed by atoms with van der Waals surface area (Å²) >= 11 is 0. The number of rotatable bonds is 4. The third-order valence-corrected chi connectivity index (χ3v) is 3.49. The predicted molar refractivity (Wildman–Crippen MR) is 77.3 cm³/mol. The molecule has 0 saturated carbocycles. The molecule has 7 heteroatoms. The SMILES string of the molecule is CC(N)C1CCN(CCn2cncn2)CC1.Cl.Cl. The van der Waals surface area contributed by atoms with Crippen LogP contribution in [0.2, 0.25) is 0 Å². The molecule has 18 heavy (non-hydrogen) atoms. The summed E-state index contributed by atoms with van der Waals surface area (Å²) in [5, 5.41) is 4.10. The molecule has 1 unspecified atom stereocenters. The lowest BCUT2D eigenvalue weighted by Gasteiger charge is -2.33. The molecule has 1 aliphatic rings. The lowest BCUT2D eigenvalue weighted by Crippen LogP contribution is -2.40. The fraction of sp³-hybridized carbons (Fsp3) is 0.818. The molecule has 1 aromatic heterocycles. The van der Waals surface area contributed by atoms with Crippen LogP contribution >= 0.6 is 24.8 Å². The minimum Gasteiger partial charge on any atom is -0.328 e. The fourth-order valence-corrected chi connectivity index (χ4v) is 2.29. The molecular weight excluding hydrogens is 273 g/mol. The Labute approximate surface area is 121 Å². The molecule has 1 atom stereocenters. The maximum atomic E-state index is 5.92. The molecule has 1 aliphatic heterocycles. The average Bonchev–Trinajstić information content (AvgIpc) is 2.80. The van der Waals surface area contributed by atoms with Crippen molar-refractivity contribution in [3.05, 3.63) is 12.7 Å². The Morgan fingerprint density at radius 3 is 2.44 bits per heavy atom. The van der Waals surface area contributed by atoms with Crippen molar-refractivity contribution in [2.75, 3.05) is 19.6 Å². The largest absolute Gasteiger partial charge is 0.328 e. The monoisotopic (exact) mass is 295 g/mol. The highest BCUT2D eigenvalue weighted by atomic mass is 35.5. The first-order valence-corrected chi connectivity index (χ1v) is 6.06. The van der Waals surface area contributed by atoms with E-state index < -0.39 is 0 Å². The molecule has 1 fully saturated rings. The van der Waals surface area contributed by atoms with Crippen molar-refractivity contribution < 1.29 is 0 Å². The molecule has 106 valence electrons. The summed E-state index contributed by atoms with van der Waals surface area (Å²) < 4.78 is 1.89. The molecule has 5 nitrogen and oxygen atoms in total. The normalized spacial score (nSPS) is 18.8. The van der Waals surface area contributed by atoms with E-state index in [9.17, 15) is 0 Å². The molecule has 0 radical (unpaired) electrons. The molecule has 2 N–H and O–H groups in total. The highest BCUT2D eigenvalue weighted by molar-refractivity contribution is 5.85. The Balaban J connectivity index is 0.00000144. The third-order valence-electron chi connectivity index (χ3n) is 3.49. The molecular formula is C11H23Cl2N5. The van der Waals surface area contributed by atoms with Gasteiger partial charge in [0.15, 0.2) is 0 Å². The van der Waals surface area contributed by atoms with Gasteiger partial charge in [-0.15, -0.1) is 24.8 Å². The van der Waals surface area contributed by atoms with Crippen LogP contribution in [-0.4, -0.2) is 45.3 Å². The first kappa shape index (κ1) is 17.6. The van der Waals surface area contributed by atoms with Crippen molar-refractivity contribution in [3.63, 3.8) is 0 Å². The lowest BCUT2D eigenvalue weighted by atomic mass is 9.91. The molecule has 0 spiro atoms. The smallest absolute Gasteiger partial charge is 0.137 e. The topological polar surface area (TPSA) is 60.0 Å². The number of halogens is 2. The number of piperidine rings is 1. The van der Waals surface area contributed by atoms with Crippen molar-refractivity contribution in [2.24, 2.45) is 11.7 Å². The van der Waals surface area contributed by atoms with E-state index in [1.807, 2.05) is 4.68 Å². The van der Waals surface area contributed by atoms with Crippen molar-refractivity contribution in [3.8, 4) is 0 Å². The highest BCUT2D eigenvalue weighted by Gasteiger charge is 2.21. The van der Waals surface area contributed by atoms with E-state index in [1.54, 1.807) is 12.7 Å². The number of nitrogens with zero attached hydrogens (tertiary/aromatic N) is 4. The maximum absolute atomic E-state index is 5.92. The van der Waals surface area contributed by atoms with Gasteiger partial charge in [0.2, 0.25) is 0 Å². The van der Waals surface area contributed by atoms with Crippen LogP contribution in [0.5, 0.6) is 0 Å². The number of likely N-dealkylation sites (tertiary alicyclic amines) is 1. The van der Waals surface area contributed by atoms with Gasteiger partial charge in [-0.25, -0.2) is 4.98 Å². The molecule has 1 saturated heterocycles. The second-order valence-corrected chi connectivity index (χ2v) is 4.70. The highest BCUT2D eigenvalue weighted by Crippen LogP contribution is 2.19. The zero-order chi connectivity index (χ0) is 11.4. The number of aromatic nitrogens is 3. The van der Waals surface area contributed by atoms with Crippen LogP contribution in [0.1, 0.15) is 19.8 Å². The van der Waals surface area contributed by atoms with Gasteiger partial charge >= 0.3 is 0 Å². The minimum absolute atomic E-state index is 0. The molecule has 0 aliphatic carbocycles. The van der Waals surface area contributed by atoms with E-state index in [0.29, 0.717) is 12.0 Å². The molecule has 2 rings (SSSR count). The van der Waals surface area contributed by atoms with E-state index in [2.05, 4.69) is 21.9 Å². The first-order valence-electron chi connectivity index (χ1n) is 6.06. The van der Waals surface area contributed by atoms with Crippen LogP contribution in [0.4, 0.5) is 0 Å². The van der Waals surface area contributed by atoms with Gasteiger partial charge in [-0.2, -0.15) is 5.10 Å². The average molecular weight is 296 g/mol.